The number of fused-ring (bicyclic) bond motifs is 1. The molecule has 2 heterocycles. The summed E-state index contributed by atoms with van der Waals surface area (Å²) in [5.74, 6) is -0.613. The number of likely N-dealkylation sites (tertiary alicyclic amines) is 1. The average Bonchev–Trinajstić information content (AvgIpc) is 3.70. The van der Waals surface area contributed by atoms with Gasteiger partial charge in [0, 0.05) is 31.6 Å². The second-order valence-corrected chi connectivity index (χ2v) is 10.4. The van der Waals surface area contributed by atoms with E-state index in [4.69, 9.17) is 39.4 Å². The van der Waals surface area contributed by atoms with Gasteiger partial charge in [0.2, 0.25) is 6.79 Å². The summed E-state index contributed by atoms with van der Waals surface area (Å²) in [6.45, 7) is 3.68. The first kappa shape index (κ1) is 33.6. The van der Waals surface area contributed by atoms with Gasteiger partial charge < -0.3 is 49.4 Å². The molecule has 0 aliphatic carbocycles. The minimum Gasteiger partial charge on any atom is -0.497 e. The zero-order chi connectivity index (χ0) is 31.4. The molecule has 0 saturated carbocycles. The van der Waals surface area contributed by atoms with Crippen LogP contribution in [0.25, 0.3) is 0 Å². The van der Waals surface area contributed by atoms with Crippen LogP contribution in [0.1, 0.15) is 43.8 Å². The normalized spacial score (nSPS) is 16.7. The minimum atomic E-state index is -2.27. The second-order valence-electron chi connectivity index (χ2n) is 10.4. The van der Waals surface area contributed by atoms with E-state index >= 15 is 0 Å². The number of ketones is 1. The molecule has 0 bridgehead atoms. The Balaban J connectivity index is 0.000000436. The van der Waals surface area contributed by atoms with Gasteiger partial charge in [0.05, 0.1) is 39.5 Å². The van der Waals surface area contributed by atoms with Crippen LogP contribution in [0.5, 0.6) is 23.0 Å². The monoisotopic (exact) mass is 606 g/mol. The van der Waals surface area contributed by atoms with E-state index in [-0.39, 0.29) is 18.5 Å². The van der Waals surface area contributed by atoms with Crippen molar-refractivity contribution in [3.63, 3.8) is 0 Å². The van der Waals surface area contributed by atoms with E-state index in [1.54, 1.807) is 7.11 Å². The number of ether oxygens (including phenoxy) is 4. The molecule has 0 spiro atoms. The molecule has 2 aliphatic heterocycles. The number of aliphatic hydroxyl groups is 3. The third-order valence-electron chi connectivity index (χ3n) is 7.27. The van der Waals surface area contributed by atoms with Gasteiger partial charge in [-0.05, 0) is 48.4 Å². The number of carbonyl (C=O) groups excluding carboxylic acids is 1. The van der Waals surface area contributed by atoms with Gasteiger partial charge in [0.1, 0.15) is 17.3 Å². The number of rotatable bonds is 15. The zero-order valence-electron chi connectivity index (χ0n) is 24.0. The van der Waals surface area contributed by atoms with Crippen LogP contribution in [-0.4, -0.2) is 95.6 Å². The fraction of sp³-hybridized carbons (Fsp3) is 0.500. The first-order valence-electron chi connectivity index (χ1n) is 14.1. The Hall–Kier alpha value is -3.91. The highest BCUT2D eigenvalue weighted by atomic mass is 16.7. The third-order valence-corrected chi connectivity index (χ3v) is 7.27. The first-order valence-corrected chi connectivity index (χ1v) is 14.1. The molecule has 13 nitrogen and oxygen atoms in total. The van der Waals surface area contributed by atoms with E-state index < -0.39 is 30.3 Å². The summed E-state index contributed by atoms with van der Waals surface area (Å²) in [7, 11) is 1.63. The molecular weight excluding hydrogens is 566 g/mol. The van der Waals surface area contributed by atoms with Gasteiger partial charge in [0.15, 0.2) is 23.7 Å². The lowest BCUT2D eigenvalue weighted by molar-refractivity contribution is -0.891. The number of quaternary nitrogens is 1. The molecule has 0 amide bonds. The van der Waals surface area contributed by atoms with Crippen molar-refractivity contribution in [1.82, 2.24) is 0 Å². The largest absolute Gasteiger partial charge is 0.497 e. The average molecular weight is 607 g/mol. The Morgan fingerprint density at radius 1 is 0.884 bits per heavy atom. The van der Waals surface area contributed by atoms with Crippen LogP contribution < -0.4 is 23.8 Å². The molecule has 2 aromatic rings. The van der Waals surface area contributed by atoms with Crippen LogP contribution in [0.4, 0.5) is 0 Å². The number of nitrogens with one attached hydrogen (secondary N) is 1. The number of aliphatic hydroxyl groups excluding tert-OH is 3. The molecule has 236 valence electrons. The van der Waals surface area contributed by atoms with E-state index in [2.05, 4.69) is 0 Å². The maximum Gasteiger partial charge on any atom is 0.335 e. The second kappa shape index (κ2) is 16.7. The molecule has 6 N–H and O–H groups in total. The van der Waals surface area contributed by atoms with Gasteiger partial charge in [-0.15, -0.1) is 0 Å². The van der Waals surface area contributed by atoms with Gasteiger partial charge in [0.25, 0.3) is 0 Å². The fourth-order valence-electron chi connectivity index (χ4n) is 4.91. The Morgan fingerprint density at radius 3 is 2.09 bits per heavy atom. The number of Topliss-reactive ketones (excluding diaryl/α,β-unsaturated/α-hetero) is 1. The lowest BCUT2D eigenvalue weighted by Crippen LogP contribution is -3.10. The number of methoxy groups -OCH3 is 1. The number of carboxylic acids is 2. The Labute approximate surface area is 249 Å². The summed E-state index contributed by atoms with van der Waals surface area (Å²) >= 11 is 0. The number of benzene rings is 2. The summed E-state index contributed by atoms with van der Waals surface area (Å²) < 4.78 is 21.7. The summed E-state index contributed by atoms with van der Waals surface area (Å²) in [4.78, 5) is 33.8. The van der Waals surface area contributed by atoms with E-state index in [9.17, 15) is 19.5 Å². The summed E-state index contributed by atoms with van der Waals surface area (Å²) in [5.41, 5.74) is 0.776. The molecule has 4 atom stereocenters. The molecule has 1 fully saturated rings. The Kier molecular flexibility index (Phi) is 13.0. The molecule has 4 rings (SSSR count). The SMILES string of the molecule is COc1ccc(OCCCC(=O)C[C@H](C[NH+]2CCCC2)[C@H](O)c2ccc3c(c2)OCO3)cc1.O=C(O)[C@@H](O)[C@H](O)C(=O)O. The standard InChI is InChI=1S/C26H33NO6.C4H6O6/c1-30-22-7-9-23(10-8-22)31-14-4-5-21(28)15-20(17-27-12-2-3-13-27)26(29)19-6-11-24-25(16-19)33-18-32-24;5-1(3(7)8)2(6)4(9)10/h6-11,16,20,26,29H,2-5,12-15,17-18H2,1H3;1-2,5-6H,(H,7,8)(H,9,10)/p+1/t20-,26-;1-,2-/m10/s1. The topological polar surface area (TPSA) is 194 Å². The van der Waals surface area contributed by atoms with Gasteiger partial charge in [-0.2, -0.15) is 0 Å². The maximum atomic E-state index is 12.8. The van der Waals surface area contributed by atoms with Crippen molar-refractivity contribution in [1.29, 1.82) is 0 Å². The third kappa shape index (κ3) is 10.4. The number of hydrogen-bond donors (Lipinski definition) is 6. The number of carbonyl (C=O) groups is 3. The Morgan fingerprint density at radius 2 is 1.49 bits per heavy atom. The minimum absolute atomic E-state index is 0.131. The number of hydrogen-bond acceptors (Lipinski definition) is 10. The molecule has 43 heavy (non-hydrogen) atoms. The predicted molar refractivity (Wildman–Crippen MR) is 150 cm³/mol. The Bertz CT molecular complexity index is 1180. The van der Waals surface area contributed by atoms with Crippen molar-refractivity contribution in [3.8, 4) is 23.0 Å². The smallest absolute Gasteiger partial charge is 0.335 e. The van der Waals surface area contributed by atoms with Crippen LogP contribution in [0.3, 0.4) is 0 Å². The van der Waals surface area contributed by atoms with Crippen LogP contribution >= 0.6 is 0 Å². The molecule has 2 aliphatic rings. The molecule has 0 unspecified atom stereocenters. The van der Waals surface area contributed by atoms with E-state index in [1.165, 1.54) is 17.7 Å². The van der Waals surface area contributed by atoms with E-state index in [0.29, 0.717) is 37.4 Å². The first-order chi connectivity index (χ1) is 20.6. The van der Waals surface area contributed by atoms with Crippen LogP contribution in [-0.2, 0) is 14.4 Å². The molecule has 2 aromatic carbocycles. The van der Waals surface area contributed by atoms with Gasteiger partial charge in [-0.3, -0.25) is 4.79 Å². The summed E-state index contributed by atoms with van der Waals surface area (Å²) in [5, 5.41) is 43.7. The van der Waals surface area contributed by atoms with Gasteiger partial charge in [-0.1, -0.05) is 6.07 Å². The van der Waals surface area contributed by atoms with Crippen LogP contribution in [0.2, 0.25) is 0 Å². The van der Waals surface area contributed by atoms with Crippen molar-refractivity contribution in [2.24, 2.45) is 5.92 Å². The molecule has 0 aromatic heterocycles. The van der Waals surface area contributed by atoms with Gasteiger partial charge >= 0.3 is 11.9 Å². The summed E-state index contributed by atoms with van der Waals surface area (Å²) in [6, 6.07) is 13.0. The molecule has 13 heteroatoms. The zero-order valence-corrected chi connectivity index (χ0v) is 24.0. The lowest BCUT2D eigenvalue weighted by Gasteiger charge is -2.25. The molecular formula is C30H40NO12+. The van der Waals surface area contributed by atoms with Crippen LogP contribution in [0.15, 0.2) is 42.5 Å². The molecule has 1 saturated heterocycles. The summed E-state index contributed by atoms with van der Waals surface area (Å²) in [6.07, 6.45) is -1.38. The van der Waals surface area contributed by atoms with Crippen molar-refractivity contribution in [2.45, 2.75) is 50.4 Å². The fourth-order valence-corrected chi connectivity index (χ4v) is 4.91. The van der Waals surface area contributed by atoms with Crippen molar-refractivity contribution in [3.05, 3.63) is 48.0 Å². The predicted octanol–water partition coefficient (Wildman–Crippen LogP) is 0.448. The number of carboxylic acid groups (broad SMARTS) is 2. The van der Waals surface area contributed by atoms with Crippen molar-refractivity contribution in [2.75, 3.05) is 40.1 Å². The highest BCUT2D eigenvalue weighted by molar-refractivity contribution is 5.83. The van der Waals surface area contributed by atoms with Gasteiger partial charge in [-0.25, -0.2) is 9.59 Å². The van der Waals surface area contributed by atoms with E-state index in [0.717, 1.165) is 36.7 Å². The van der Waals surface area contributed by atoms with E-state index in [1.807, 2.05) is 42.5 Å². The number of aliphatic carboxylic acids is 2. The van der Waals surface area contributed by atoms with Crippen molar-refractivity contribution < 1.29 is 63.8 Å². The maximum absolute atomic E-state index is 12.8. The highest BCUT2D eigenvalue weighted by Gasteiger charge is 2.31. The lowest BCUT2D eigenvalue weighted by atomic mass is 9.89. The van der Waals surface area contributed by atoms with Crippen LogP contribution in [0, 0.1) is 5.92 Å². The highest BCUT2D eigenvalue weighted by Crippen LogP contribution is 2.36. The quantitative estimate of drug-likeness (QED) is 0.154. The van der Waals surface area contributed by atoms with Crippen molar-refractivity contribution >= 4 is 17.7 Å². The molecule has 0 radical (unpaired) electrons.